The van der Waals surface area contributed by atoms with Crippen LogP contribution in [0.4, 0.5) is 0 Å². The molecule has 2 aromatic rings. The zero-order valence-corrected chi connectivity index (χ0v) is 12.1. The normalized spacial score (nSPS) is 12.1. The third-order valence-corrected chi connectivity index (χ3v) is 3.87. The van der Waals surface area contributed by atoms with Crippen molar-refractivity contribution in [3.8, 4) is 0 Å². The van der Waals surface area contributed by atoms with Crippen LogP contribution in [0.25, 0.3) is 10.9 Å². The Hall–Kier alpha value is -1.40. The molecule has 0 spiro atoms. The number of aromatic nitrogens is 2. The number of hydrogen-bond acceptors (Lipinski definition) is 4. The number of para-hydroxylation sites is 1. The molecule has 1 aromatic heterocycles. The smallest absolute Gasteiger partial charge is 0.149 e. The third-order valence-electron chi connectivity index (χ3n) is 2.95. The second-order valence-electron chi connectivity index (χ2n) is 4.60. The van der Waals surface area contributed by atoms with Crippen molar-refractivity contribution in [1.29, 1.82) is 0 Å². The maximum absolute atomic E-state index is 11.3. The maximum atomic E-state index is 11.3. The van der Waals surface area contributed by atoms with Crippen LogP contribution in [0.5, 0.6) is 0 Å². The highest BCUT2D eigenvalue weighted by Crippen LogP contribution is 2.18. The molecule has 1 heterocycles. The molecule has 0 aliphatic carbocycles. The van der Waals surface area contributed by atoms with Crippen LogP contribution in [-0.2, 0) is 22.9 Å². The molecule has 0 saturated carbocycles. The van der Waals surface area contributed by atoms with E-state index in [1.807, 2.05) is 31.2 Å². The fraction of sp³-hybridized carbons (Fsp3) is 0.462. The van der Waals surface area contributed by atoms with E-state index in [9.17, 15) is 8.42 Å². The molecule has 19 heavy (non-hydrogen) atoms. The average molecular weight is 281 g/mol. The molecule has 2 rings (SSSR count). The first kappa shape index (κ1) is 14.0. The Labute approximate surface area is 113 Å². The van der Waals surface area contributed by atoms with Gasteiger partial charge in [0.25, 0.3) is 0 Å². The minimum absolute atomic E-state index is 0.110. The van der Waals surface area contributed by atoms with E-state index < -0.39 is 9.84 Å². The summed E-state index contributed by atoms with van der Waals surface area (Å²) < 4.78 is 24.3. The molecule has 0 fully saturated rings. The molecule has 0 bridgehead atoms. The second kappa shape index (κ2) is 5.71. The Balaban J connectivity index is 2.33. The lowest BCUT2D eigenvalue weighted by molar-refractivity contribution is 0.586. The summed E-state index contributed by atoms with van der Waals surface area (Å²) in [5.41, 5.74) is 1.95. The van der Waals surface area contributed by atoms with Crippen LogP contribution in [0.1, 0.15) is 12.6 Å². The van der Waals surface area contributed by atoms with Crippen molar-refractivity contribution in [2.24, 2.45) is 0 Å². The lowest BCUT2D eigenvalue weighted by Crippen LogP contribution is -2.14. The van der Waals surface area contributed by atoms with E-state index in [1.54, 1.807) is 4.68 Å². The average Bonchev–Trinajstić information content (AvgIpc) is 2.72. The zero-order chi connectivity index (χ0) is 13.9. The zero-order valence-electron chi connectivity index (χ0n) is 11.3. The number of benzene rings is 1. The number of nitrogens with one attached hydrogen (secondary N) is 1. The fourth-order valence-corrected chi connectivity index (χ4v) is 2.50. The van der Waals surface area contributed by atoms with Gasteiger partial charge in [0.2, 0.25) is 0 Å². The number of fused-ring (bicyclic) bond motifs is 1. The van der Waals surface area contributed by atoms with Gasteiger partial charge < -0.3 is 5.32 Å². The van der Waals surface area contributed by atoms with E-state index in [1.165, 1.54) is 6.26 Å². The SMILES string of the molecule is CCNCc1nn(CCS(C)(=O)=O)c2ccccc12. The second-order valence-corrected chi connectivity index (χ2v) is 6.86. The van der Waals surface area contributed by atoms with E-state index >= 15 is 0 Å². The van der Waals surface area contributed by atoms with Crippen LogP contribution in [0.2, 0.25) is 0 Å². The molecule has 0 amide bonds. The number of aryl methyl sites for hydroxylation is 1. The van der Waals surface area contributed by atoms with Crippen LogP contribution in [-0.4, -0.2) is 36.8 Å². The van der Waals surface area contributed by atoms with Crippen LogP contribution < -0.4 is 5.32 Å². The summed E-state index contributed by atoms with van der Waals surface area (Å²) in [6.45, 7) is 4.02. The molecule has 0 atom stereocenters. The summed E-state index contributed by atoms with van der Waals surface area (Å²) in [7, 11) is -2.98. The maximum Gasteiger partial charge on any atom is 0.149 e. The highest BCUT2D eigenvalue weighted by molar-refractivity contribution is 7.90. The Morgan fingerprint density at radius 1 is 1.32 bits per heavy atom. The number of hydrogen-bond donors (Lipinski definition) is 1. The molecule has 0 radical (unpaired) electrons. The van der Waals surface area contributed by atoms with E-state index in [2.05, 4.69) is 10.4 Å². The molecule has 0 aliphatic rings. The lowest BCUT2D eigenvalue weighted by atomic mass is 10.2. The minimum atomic E-state index is -2.98. The van der Waals surface area contributed by atoms with Gasteiger partial charge in [0.05, 0.1) is 23.5 Å². The summed E-state index contributed by atoms with van der Waals surface area (Å²) in [6, 6.07) is 7.91. The van der Waals surface area contributed by atoms with E-state index in [4.69, 9.17) is 0 Å². The molecular formula is C13H19N3O2S. The molecule has 5 nitrogen and oxygen atoms in total. The molecular weight excluding hydrogens is 262 g/mol. The summed E-state index contributed by atoms with van der Waals surface area (Å²) >= 11 is 0. The highest BCUT2D eigenvalue weighted by Gasteiger charge is 2.11. The molecule has 104 valence electrons. The molecule has 1 N–H and O–H groups in total. The van der Waals surface area contributed by atoms with Crippen molar-refractivity contribution >= 4 is 20.7 Å². The van der Waals surface area contributed by atoms with Gasteiger partial charge in [-0.1, -0.05) is 25.1 Å². The van der Waals surface area contributed by atoms with Crippen LogP contribution in [0.15, 0.2) is 24.3 Å². The first-order chi connectivity index (χ1) is 9.01. The van der Waals surface area contributed by atoms with E-state index in [0.29, 0.717) is 13.1 Å². The lowest BCUT2D eigenvalue weighted by Gasteiger charge is -2.01. The van der Waals surface area contributed by atoms with Crippen molar-refractivity contribution < 1.29 is 8.42 Å². The number of sulfone groups is 1. The van der Waals surface area contributed by atoms with Crippen molar-refractivity contribution in [2.75, 3.05) is 18.6 Å². The summed E-state index contributed by atoms with van der Waals surface area (Å²) in [5.74, 6) is 0.110. The monoisotopic (exact) mass is 281 g/mol. The van der Waals surface area contributed by atoms with Gasteiger partial charge in [-0.25, -0.2) is 8.42 Å². The van der Waals surface area contributed by atoms with E-state index in [-0.39, 0.29) is 5.75 Å². The minimum Gasteiger partial charge on any atom is -0.311 e. The molecule has 0 unspecified atom stereocenters. The van der Waals surface area contributed by atoms with Crippen molar-refractivity contribution in [2.45, 2.75) is 20.0 Å². The molecule has 0 saturated heterocycles. The van der Waals surface area contributed by atoms with Gasteiger partial charge in [0.1, 0.15) is 9.84 Å². The van der Waals surface area contributed by atoms with Crippen molar-refractivity contribution in [3.63, 3.8) is 0 Å². The predicted molar refractivity (Wildman–Crippen MR) is 76.8 cm³/mol. The van der Waals surface area contributed by atoms with Gasteiger partial charge >= 0.3 is 0 Å². The first-order valence-corrected chi connectivity index (χ1v) is 8.40. The van der Waals surface area contributed by atoms with Gasteiger partial charge in [-0.05, 0) is 12.6 Å². The molecule has 0 aliphatic heterocycles. The van der Waals surface area contributed by atoms with Crippen LogP contribution >= 0.6 is 0 Å². The number of nitrogens with zero attached hydrogens (tertiary/aromatic N) is 2. The Morgan fingerprint density at radius 3 is 2.74 bits per heavy atom. The van der Waals surface area contributed by atoms with Gasteiger partial charge in [0, 0.05) is 18.2 Å². The number of rotatable bonds is 6. The van der Waals surface area contributed by atoms with E-state index in [0.717, 1.165) is 23.1 Å². The Morgan fingerprint density at radius 2 is 2.05 bits per heavy atom. The van der Waals surface area contributed by atoms with Crippen molar-refractivity contribution in [3.05, 3.63) is 30.0 Å². The fourth-order valence-electron chi connectivity index (χ4n) is 1.99. The third kappa shape index (κ3) is 3.54. The van der Waals surface area contributed by atoms with Crippen molar-refractivity contribution in [1.82, 2.24) is 15.1 Å². The van der Waals surface area contributed by atoms with Gasteiger partial charge in [-0.15, -0.1) is 0 Å². The van der Waals surface area contributed by atoms with Gasteiger partial charge in [-0.2, -0.15) is 5.10 Å². The summed E-state index contributed by atoms with van der Waals surface area (Å²) in [5, 5.41) is 8.85. The standard InChI is InChI=1S/C13H19N3O2S/c1-3-14-10-12-11-6-4-5-7-13(11)16(15-12)8-9-19(2,17)18/h4-7,14H,3,8-10H2,1-2H3. The Bertz CT molecular complexity index is 662. The topological polar surface area (TPSA) is 64.0 Å². The summed E-state index contributed by atoms with van der Waals surface area (Å²) in [6.07, 6.45) is 1.25. The van der Waals surface area contributed by atoms with Gasteiger partial charge in [-0.3, -0.25) is 4.68 Å². The van der Waals surface area contributed by atoms with Gasteiger partial charge in [0.15, 0.2) is 0 Å². The predicted octanol–water partition coefficient (Wildman–Crippen LogP) is 1.19. The van der Waals surface area contributed by atoms with Crippen LogP contribution in [0, 0.1) is 0 Å². The Kier molecular flexibility index (Phi) is 4.21. The molecule has 1 aromatic carbocycles. The first-order valence-electron chi connectivity index (χ1n) is 6.34. The summed E-state index contributed by atoms with van der Waals surface area (Å²) in [4.78, 5) is 0. The highest BCUT2D eigenvalue weighted by atomic mass is 32.2. The molecule has 6 heteroatoms. The largest absolute Gasteiger partial charge is 0.311 e. The quantitative estimate of drug-likeness (QED) is 0.864. The van der Waals surface area contributed by atoms with Crippen LogP contribution in [0.3, 0.4) is 0 Å².